The van der Waals surface area contributed by atoms with Gasteiger partial charge in [0, 0.05) is 13.1 Å². The van der Waals surface area contributed by atoms with E-state index in [2.05, 4.69) is 22.4 Å². The lowest BCUT2D eigenvalue weighted by Crippen LogP contribution is -2.41. The van der Waals surface area contributed by atoms with Crippen LogP contribution >= 0.6 is 23.1 Å². The summed E-state index contributed by atoms with van der Waals surface area (Å²) >= 11 is 2.72. The van der Waals surface area contributed by atoms with Crippen LogP contribution in [0.5, 0.6) is 0 Å². The molecule has 1 aliphatic rings. The summed E-state index contributed by atoms with van der Waals surface area (Å²) in [5.74, 6) is 0.507. The van der Waals surface area contributed by atoms with Gasteiger partial charge in [-0.3, -0.25) is 4.79 Å². The minimum atomic E-state index is -0.338. The molecule has 1 saturated heterocycles. The maximum atomic E-state index is 13.7. The predicted octanol–water partition coefficient (Wildman–Crippen LogP) is 4.16. The summed E-state index contributed by atoms with van der Waals surface area (Å²) in [7, 11) is 0. The molecule has 1 atom stereocenters. The third-order valence-corrected chi connectivity index (χ3v) is 6.25. The Hall–Kier alpha value is -1.67. The van der Waals surface area contributed by atoms with Crippen LogP contribution < -0.4 is 5.32 Å². The number of rotatable bonds is 5. The highest BCUT2D eigenvalue weighted by Gasteiger charge is 2.26. The topological polar surface area (TPSA) is 58.1 Å². The summed E-state index contributed by atoms with van der Waals surface area (Å²) in [6.07, 6.45) is 2.14. The molecule has 2 heterocycles. The normalized spacial score (nSPS) is 16.7. The van der Waals surface area contributed by atoms with Crippen molar-refractivity contribution in [3.63, 3.8) is 0 Å². The third kappa shape index (κ3) is 4.70. The molecule has 8 heteroatoms. The molecule has 1 amide bonds. The van der Waals surface area contributed by atoms with Crippen molar-refractivity contribution >= 4 is 39.8 Å². The van der Waals surface area contributed by atoms with Gasteiger partial charge in [0.05, 0.1) is 10.9 Å². The standard InChI is InChI=1S/C17H21FN4OS2/c1-11-7-9-22(10-8-11)15(23)12(2)24-17-21-20-16(25-17)19-14-6-4-3-5-13(14)18/h3-6,11-12H,7-10H2,1-2H3,(H,19,20)/t12-/m0/s1. The number of likely N-dealkylation sites (tertiary alicyclic amines) is 1. The van der Waals surface area contributed by atoms with Gasteiger partial charge in [-0.1, -0.05) is 42.2 Å². The van der Waals surface area contributed by atoms with E-state index >= 15 is 0 Å². The smallest absolute Gasteiger partial charge is 0.235 e. The van der Waals surface area contributed by atoms with Gasteiger partial charge in [0.1, 0.15) is 5.82 Å². The van der Waals surface area contributed by atoms with Crippen molar-refractivity contribution in [3.05, 3.63) is 30.1 Å². The van der Waals surface area contributed by atoms with E-state index in [0.29, 0.717) is 21.1 Å². The van der Waals surface area contributed by atoms with E-state index in [1.165, 1.54) is 29.2 Å². The molecule has 0 saturated carbocycles. The average Bonchev–Trinajstić information content (AvgIpc) is 3.04. The van der Waals surface area contributed by atoms with E-state index in [9.17, 15) is 9.18 Å². The number of anilines is 2. The van der Waals surface area contributed by atoms with Gasteiger partial charge in [0.15, 0.2) is 4.34 Å². The quantitative estimate of drug-likeness (QED) is 0.790. The summed E-state index contributed by atoms with van der Waals surface area (Å²) in [6.45, 7) is 5.80. The number of hydrogen-bond donors (Lipinski definition) is 1. The Morgan fingerprint density at radius 3 is 2.80 bits per heavy atom. The molecule has 2 aromatic rings. The van der Waals surface area contributed by atoms with Crippen LogP contribution in [-0.4, -0.2) is 39.3 Å². The van der Waals surface area contributed by atoms with E-state index in [1.807, 2.05) is 11.8 Å². The Morgan fingerprint density at radius 2 is 2.08 bits per heavy atom. The van der Waals surface area contributed by atoms with Gasteiger partial charge >= 0.3 is 0 Å². The van der Waals surface area contributed by atoms with Crippen LogP contribution in [0.1, 0.15) is 26.7 Å². The molecule has 1 N–H and O–H groups in total. The number of nitrogens with zero attached hydrogens (tertiary/aromatic N) is 3. The zero-order chi connectivity index (χ0) is 17.8. The number of nitrogens with one attached hydrogen (secondary N) is 1. The first kappa shape index (κ1) is 18.1. The van der Waals surface area contributed by atoms with Gasteiger partial charge in [0.2, 0.25) is 11.0 Å². The third-order valence-electron chi connectivity index (χ3n) is 4.24. The molecule has 134 valence electrons. The molecule has 1 aliphatic heterocycles. The first-order chi connectivity index (χ1) is 12.0. The molecular weight excluding hydrogens is 359 g/mol. The Balaban J connectivity index is 1.57. The van der Waals surface area contributed by atoms with Gasteiger partial charge in [-0.15, -0.1) is 10.2 Å². The molecule has 5 nitrogen and oxygen atoms in total. The van der Waals surface area contributed by atoms with Crippen molar-refractivity contribution in [2.45, 2.75) is 36.3 Å². The van der Waals surface area contributed by atoms with E-state index in [0.717, 1.165) is 25.9 Å². The number of piperidine rings is 1. The van der Waals surface area contributed by atoms with Gasteiger partial charge in [-0.25, -0.2) is 4.39 Å². The van der Waals surface area contributed by atoms with Crippen molar-refractivity contribution in [2.75, 3.05) is 18.4 Å². The lowest BCUT2D eigenvalue weighted by atomic mass is 9.99. The maximum absolute atomic E-state index is 13.7. The Morgan fingerprint density at radius 1 is 1.36 bits per heavy atom. The average molecular weight is 381 g/mol. The van der Waals surface area contributed by atoms with Crippen molar-refractivity contribution in [1.82, 2.24) is 15.1 Å². The van der Waals surface area contributed by atoms with Gasteiger partial charge in [-0.2, -0.15) is 0 Å². The van der Waals surface area contributed by atoms with Crippen LogP contribution in [0.25, 0.3) is 0 Å². The first-order valence-electron chi connectivity index (χ1n) is 8.33. The van der Waals surface area contributed by atoms with E-state index in [4.69, 9.17) is 0 Å². The number of thioether (sulfide) groups is 1. The lowest BCUT2D eigenvalue weighted by molar-refractivity contribution is -0.131. The van der Waals surface area contributed by atoms with Crippen LogP contribution in [0.15, 0.2) is 28.6 Å². The van der Waals surface area contributed by atoms with Gasteiger partial charge in [0.25, 0.3) is 0 Å². The van der Waals surface area contributed by atoms with Crippen molar-refractivity contribution in [2.24, 2.45) is 5.92 Å². The SMILES string of the molecule is CC1CCN(C(=O)[C@H](C)Sc2nnc(Nc3ccccc3F)s2)CC1. The molecule has 25 heavy (non-hydrogen) atoms. The highest BCUT2D eigenvalue weighted by molar-refractivity contribution is 8.02. The van der Waals surface area contributed by atoms with Gasteiger partial charge < -0.3 is 10.2 Å². The monoisotopic (exact) mass is 380 g/mol. The summed E-state index contributed by atoms with van der Waals surface area (Å²) in [5, 5.41) is 11.4. The highest BCUT2D eigenvalue weighted by Crippen LogP contribution is 2.32. The zero-order valence-corrected chi connectivity index (χ0v) is 15.9. The molecule has 0 radical (unpaired) electrons. The number of carbonyl (C=O) groups excluding carboxylic acids is 1. The minimum absolute atomic E-state index is 0.149. The van der Waals surface area contributed by atoms with Crippen molar-refractivity contribution in [1.29, 1.82) is 0 Å². The van der Waals surface area contributed by atoms with E-state index < -0.39 is 0 Å². The second kappa shape index (κ2) is 8.14. The molecule has 0 aliphatic carbocycles. The highest BCUT2D eigenvalue weighted by atomic mass is 32.2. The van der Waals surface area contributed by atoms with E-state index in [1.54, 1.807) is 18.2 Å². The molecule has 1 aromatic carbocycles. The summed E-state index contributed by atoms with van der Waals surface area (Å²) in [6, 6.07) is 6.42. The fourth-order valence-corrected chi connectivity index (χ4v) is 4.67. The minimum Gasteiger partial charge on any atom is -0.342 e. The number of carbonyl (C=O) groups is 1. The largest absolute Gasteiger partial charge is 0.342 e. The predicted molar refractivity (Wildman–Crippen MR) is 99.9 cm³/mol. The van der Waals surface area contributed by atoms with Crippen LogP contribution in [0.2, 0.25) is 0 Å². The van der Waals surface area contributed by atoms with Gasteiger partial charge in [-0.05, 0) is 37.8 Å². The fraction of sp³-hybridized carbons (Fsp3) is 0.471. The van der Waals surface area contributed by atoms with Crippen LogP contribution in [0.4, 0.5) is 15.2 Å². The number of amides is 1. The van der Waals surface area contributed by atoms with Crippen molar-refractivity contribution < 1.29 is 9.18 Å². The molecule has 0 spiro atoms. The summed E-state index contributed by atoms with van der Waals surface area (Å²) < 4.78 is 14.4. The fourth-order valence-electron chi connectivity index (χ4n) is 2.67. The van der Waals surface area contributed by atoms with Crippen LogP contribution in [0.3, 0.4) is 0 Å². The van der Waals surface area contributed by atoms with Crippen LogP contribution in [0, 0.1) is 11.7 Å². The molecule has 0 unspecified atom stereocenters. The lowest BCUT2D eigenvalue weighted by Gasteiger charge is -2.31. The number of hydrogen-bond acceptors (Lipinski definition) is 6. The number of para-hydroxylation sites is 1. The van der Waals surface area contributed by atoms with Crippen LogP contribution in [-0.2, 0) is 4.79 Å². The molecule has 1 fully saturated rings. The summed E-state index contributed by atoms with van der Waals surface area (Å²) in [5.41, 5.74) is 0.363. The molecular formula is C17H21FN4OS2. The Labute approximate surface area is 155 Å². The van der Waals surface area contributed by atoms with Crippen molar-refractivity contribution in [3.8, 4) is 0 Å². The Kier molecular flexibility index (Phi) is 5.90. The maximum Gasteiger partial charge on any atom is 0.235 e. The summed E-state index contributed by atoms with van der Waals surface area (Å²) in [4.78, 5) is 14.5. The molecule has 0 bridgehead atoms. The zero-order valence-electron chi connectivity index (χ0n) is 14.2. The number of aromatic nitrogens is 2. The Bertz CT molecular complexity index is 731. The van der Waals surface area contributed by atoms with E-state index in [-0.39, 0.29) is 17.0 Å². The second-order valence-corrected chi connectivity index (χ2v) is 8.81. The number of halogens is 1. The molecule has 1 aromatic heterocycles. The molecule has 3 rings (SSSR count). The number of benzene rings is 1. The second-order valence-electron chi connectivity index (χ2n) is 6.25. The first-order valence-corrected chi connectivity index (χ1v) is 10.0.